The van der Waals surface area contributed by atoms with Crippen molar-refractivity contribution in [2.24, 2.45) is 5.92 Å². The van der Waals surface area contributed by atoms with Gasteiger partial charge in [-0.2, -0.15) is 0 Å². The Kier molecular flexibility index (Phi) is 4.93. The Morgan fingerprint density at radius 1 is 1.30 bits per heavy atom. The molecule has 0 aliphatic heterocycles. The molecule has 3 nitrogen and oxygen atoms in total. The van der Waals surface area contributed by atoms with Gasteiger partial charge in [0, 0.05) is 12.1 Å². The SMILES string of the molecule is C[C@H]1CCCC[C@H]1NC(=O)COc1ccc(F)c(F)c1. The van der Waals surface area contributed by atoms with Crippen molar-refractivity contribution in [3.05, 3.63) is 29.8 Å². The summed E-state index contributed by atoms with van der Waals surface area (Å²) in [4.78, 5) is 11.8. The van der Waals surface area contributed by atoms with Crippen LogP contribution >= 0.6 is 0 Å². The topological polar surface area (TPSA) is 38.3 Å². The van der Waals surface area contributed by atoms with E-state index in [1.54, 1.807) is 0 Å². The number of nitrogens with one attached hydrogen (secondary N) is 1. The van der Waals surface area contributed by atoms with E-state index in [1.165, 1.54) is 12.5 Å². The highest BCUT2D eigenvalue weighted by Gasteiger charge is 2.22. The zero-order valence-corrected chi connectivity index (χ0v) is 11.5. The van der Waals surface area contributed by atoms with E-state index in [2.05, 4.69) is 12.2 Å². The number of hydrogen-bond acceptors (Lipinski definition) is 2. The Balaban J connectivity index is 1.81. The van der Waals surface area contributed by atoms with E-state index in [0.717, 1.165) is 31.4 Å². The molecule has 0 aromatic heterocycles. The van der Waals surface area contributed by atoms with Gasteiger partial charge in [-0.25, -0.2) is 8.78 Å². The van der Waals surface area contributed by atoms with Gasteiger partial charge in [0.1, 0.15) is 5.75 Å². The van der Waals surface area contributed by atoms with Gasteiger partial charge in [0.2, 0.25) is 0 Å². The number of carbonyl (C=O) groups excluding carboxylic acids is 1. The monoisotopic (exact) mass is 283 g/mol. The summed E-state index contributed by atoms with van der Waals surface area (Å²) in [5, 5.41) is 2.93. The van der Waals surface area contributed by atoms with Crippen LogP contribution in [0.15, 0.2) is 18.2 Å². The predicted molar refractivity (Wildman–Crippen MR) is 71.4 cm³/mol. The molecule has 20 heavy (non-hydrogen) atoms. The molecule has 0 spiro atoms. The Morgan fingerprint density at radius 3 is 2.75 bits per heavy atom. The lowest BCUT2D eigenvalue weighted by Gasteiger charge is -2.29. The van der Waals surface area contributed by atoms with Gasteiger partial charge in [0.25, 0.3) is 5.91 Å². The van der Waals surface area contributed by atoms with E-state index in [-0.39, 0.29) is 24.3 Å². The third kappa shape index (κ3) is 3.92. The molecule has 0 bridgehead atoms. The molecule has 1 aromatic carbocycles. The summed E-state index contributed by atoms with van der Waals surface area (Å²) >= 11 is 0. The zero-order chi connectivity index (χ0) is 14.5. The molecule has 1 amide bonds. The first kappa shape index (κ1) is 14.8. The molecule has 0 unspecified atom stereocenters. The van der Waals surface area contributed by atoms with Crippen molar-refractivity contribution < 1.29 is 18.3 Å². The van der Waals surface area contributed by atoms with Gasteiger partial charge in [0.15, 0.2) is 18.2 Å². The molecule has 2 rings (SSSR count). The van der Waals surface area contributed by atoms with E-state index in [0.29, 0.717) is 5.92 Å². The van der Waals surface area contributed by atoms with E-state index in [4.69, 9.17) is 4.74 Å². The maximum atomic E-state index is 13.0. The van der Waals surface area contributed by atoms with Crippen molar-refractivity contribution in [3.63, 3.8) is 0 Å². The fourth-order valence-corrected chi connectivity index (χ4v) is 2.49. The quantitative estimate of drug-likeness (QED) is 0.922. The first-order chi connectivity index (χ1) is 9.56. The van der Waals surface area contributed by atoms with Crippen LogP contribution < -0.4 is 10.1 Å². The maximum Gasteiger partial charge on any atom is 0.258 e. The highest BCUT2D eigenvalue weighted by Crippen LogP contribution is 2.23. The fourth-order valence-electron chi connectivity index (χ4n) is 2.49. The molecular formula is C15H19F2NO2. The molecule has 0 saturated heterocycles. The normalized spacial score (nSPS) is 22.4. The van der Waals surface area contributed by atoms with Crippen LogP contribution in [0.2, 0.25) is 0 Å². The summed E-state index contributed by atoms with van der Waals surface area (Å²) in [6.07, 6.45) is 4.44. The molecule has 1 aliphatic rings. The van der Waals surface area contributed by atoms with Crippen molar-refractivity contribution in [2.75, 3.05) is 6.61 Å². The molecular weight excluding hydrogens is 264 g/mol. The number of carbonyl (C=O) groups is 1. The Hall–Kier alpha value is -1.65. The number of benzene rings is 1. The Bertz CT molecular complexity index is 479. The lowest BCUT2D eigenvalue weighted by molar-refractivity contribution is -0.124. The Morgan fingerprint density at radius 2 is 2.05 bits per heavy atom. The minimum Gasteiger partial charge on any atom is -0.484 e. The number of ether oxygens (including phenoxy) is 1. The molecule has 1 saturated carbocycles. The second kappa shape index (κ2) is 6.68. The molecule has 1 aromatic rings. The zero-order valence-electron chi connectivity index (χ0n) is 11.5. The second-order valence-corrected chi connectivity index (χ2v) is 5.30. The van der Waals surface area contributed by atoms with Crippen molar-refractivity contribution in [2.45, 2.75) is 38.6 Å². The van der Waals surface area contributed by atoms with Gasteiger partial charge >= 0.3 is 0 Å². The predicted octanol–water partition coefficient (Wildman–Crippen LogP) is 3.04. The van der Waals surface area contributed by atoms with Crippen LogP contribution in [0, 0.1) is 17.6 Å². The van der Waals surface area contributed by atoms with Gasteiger partial charge in [0.05, 0.1) is 0 Å². The van der Waals surface area contributed by atoms with Crippen LogP contribution in [0.1, 0.15) is 32.6 Å². The molecule has 2 atom stereocenters. The second-order valence-electron chi connectivity index (χ2n) is 5.30. The number of hydrogen-bond donors (Lipinski definition) is 1. The lowest BCUT2D eigenvalue weighted by Crippen LogP contribution is -2.43. The molecule has 0 heterocycles. The van der Waals surface area contributed by atoms with Crippen LogP contribution in [0.4, 0.5) is 8.78 Å². The molecule has 110 valence electrons. The van der Waals surface area contributed by atoms with Crippen molar-refractivity contribution in [3.8, 4) is 5.75 Å². The molecule has 5 heteroatoms. The number of amides is 1. The minimum atomic E-state index is -0.983. The third-order valence-corrected chi connectivity index (χ3v) is 3.72. The standard InChI is InChI=1S/C15H19F2NO2/c1-10-4-2-3-5-14(10)18-15(19)9-20-11-6-7-12(16)13(17)8-11/h6-8,10,14H,2-5,9H2,1H3,(H,18,19)/t10-,14+/m0/s1. The maximum absolute atomic E-state index is 13.0. The number of rotatable bonds is 4. The summed E-state index contributed by atoms with van der Waals surface area (Å²) in [7, 11) is 0. The van der Waals surface area contributed by atoms with Gasteiger partial charge in [-0.1, -0.05) is 19.8 Å². The summed E-state index contributed by atoms with van der Waals surface area (Å²) in [6.45, 7) is 1.94. The summed E-state index contributed by atoms with van der Waals surface area (Å²) in [5.41, 5.74) is 0. The Labute approximate surface area is 117 Å². The summed E-state index contributed by atoms with van der Waals surface area (Å²) in [5.74, 6) is -1.53. The molecule has 1 aliphatic carbocycles. The van der Waals surface area contributed by atoms with Gasteiger partial charge < -0.3 is 10.1 Å². The molecule has 1 N–H and O–H groups in total. The van der Waals surface area contributed by atoms with Crippen molar-refractivity contribution >= 4 is 5.91 Å². The average Bonchev–Trinajstić information content (AvgIpc) is 2.43. The van der Waals surface area contributed by atoms with Crippen LogP contribution in [-0.2, 0) is 4.79 Å². The van der Waals surface area contributed by atoms with Crippen molar-refractivity contribution in [1.82, 2.24) is 5.32 Å². The van der Waals surface area contributed by atoms with Gasteiger partial charge in [-0.15, -0.1) is 0 Å². The first-order valence-corrected chi connectivity index (χ1v) is 6.93. The largest absolute Gasteiger partial charge is 0.484 e. The van der Waals surface area contributed by atoms with Gasteiger partial charge in [-0.3, -0.25) is 4.79 Å². The first-order valence-electron chi connectivity index (χ1n) is 6.93. The van der Waals surface area contributed by atoms with E-state index < -0.39 is 11.6 Å². The van der Waals surface area contributed by atoms with E-state index in [9.17, 15) is 13.6 Å². The van der Waals surface area contributed by atoms with Crippen LogP contribution in [0.5, 0.6) is 5.75 Å². The lowest BCUT2D eigenvalue weighted by atomic mass is 9.86. The van der Waals surface area contributed by atoms with Gasteiger partial charge in [-0.05, 0) is 30.9 Å². The smallest absolute Gasteiger partial charge is 0.258 e. The molecule has 0 radical (unpaired) electrons. The average molecular weight is 283 g/mol. The van der Waals surface area contributed by atoms with Crippen LogP contribution in [0.3, 0.4) is 0 Å². The van der Waals surface area contributed by atoms with Crippen LogP contribution in [-0.4, -0.2) is 18.6 Å². The number of halogens is 2. The highest BCUT2D eigenvalue weighted by atomic mass is 19.2. The third-order valence-electron chi connectivity index (χ3n) is 3.72. The minimum absolute atomic E-state index is 0.149. The summed E-state index contributed by atoms with van der Waals surface area (Å²) < 4.78 is 30.9. The van der Waals surface area contributed by atoms with Crippen molar-refractivity contribution in [1.29, 1.82) is 0 Å². The molecule has 1 fully saturated rings. The fraction of sp³-hybridized carbons (Fsp3) is 0.533. The van der Waals surface area contributed by atoms with E-state index in [1.807, 2.05) is 0 Å². The van der Waals surface area contributed by atoms with Crippen LogP contribution in [0.25, 0.3) is 0 Å². The highest BCUT2D eigenvalue weighted by molar-refractivity contribution is 5.77. The summed E-state index contributed by atoms with van der Waals surface area (Å²) in [6, 6.07) is 3.40. The van der Waals surface area contributed by atoms with E-state index >= 15 is 0 Å².